The number of benzene rings is 1. The van der Waals surface area contributed by atoms with Gasteiger partial charge in [0.2, 0.25) is 0 Å². The van der Waals surface area contributed by atoms with Crippen molar-refractivity contribution in [3.63, 3.8) is 0 Å². The van der Waals surface area contributed by atoms with E-state index >= 15 is 0 Å². The predicted octanol–water partition coefficient (Wildman–Crippen LogP) is 3.35. The van der Waals surface area contributed by atoms with Crippen molar-refractivity contribution in [2.24, 2.45) is 11.1 Å². The maximum atomic E-state index is 12.1. The van der Waals surface area contributed by atoms with E-state index in [2.05, 4.69) is 37.9 Å². The Morgan fingerprint density at radius 2 is 2.00 bits per heavy atom. The molecule has 1 aliphatic heterocycles. The maximum absolute atomic E-state index is 12.1. The summed E-state index contributed by atoms with van der Waals surface area (Å²) in [6.45, 7) is 7.91. The van der Waals surface area contributed by atoms with Gasteiger partial charge < -0.3 is 14.5 Å². The van der Waals surface area contributed by atoms with Crippen LogP contribution in [0.1, 0.15) is 44.0 Å². The van der Waals surface area contributed by atoms with Crippen molar-refractivity contribution in [1.82, 2.24) is 4.90 Å². The summed E-state index contributed by atoms with van der Waals surface area (Å²) < 4.78 is 5.50. The van der Waals surface area contributed by atoms with Crippen molar-refractivity contribution in [2.75, 3.05) is 20.2 Å². The Hall–Kier alpha value is -1.88. The zero-order valence-electron chi connectivity index (χ0n) is 14.4. The number of nitrogens with zero attached hydrogens (tertiary/aromatic N) is 2. The minimum Gasteiger partial charge on any atom is -0.494 e. The third-order valence-corrected chi connectivity index (χ3v) is 4.20. The van der Waals surface area contributed by atoms with Gasteiger partial charge in [-0.05, 0) is 44.7 Å². The molecule has 1 fully saturated rings. The highest BCUT2D eigenvalue weighted by atomic mass is 16.7. The van der Waals surface area contributed by atoms with Gasteiger partial charge in [-0.2, -0.15) is 0 Å². The van der Waals surface area contributed by atoms with Gasteiger partial charge in [0.1, 0.15) is 5.75 Å². The molecule has 0 N–H and O–H groups in total. The number of likely N-dealkylation sites (tertiary alicyclic amines) is 1. The fourth-order valence-electron chi connectivity index (χ4n) is 2.56. The lowest BCUT2D eigenvalue weighted by Crippen LogP contribution is -2.43. The number of hydrogen-bond acceptors (Lipinski definition) is 5. The van der Waals surface area contributed by atoms with E-state index in [1.54, 1.807) is 24.3 Å². The lowest BCUT2D eigenvalue weighted by molar-refractivity contribution is 0.0508. The first kappa shape index (κ1) is 17.5. The predicted molar refractivity (Wildman–Crippen MR) is 91.0 cm³/mol. The molecule has 1 aliphatic rings. The standard InChI is InChI=1S/C18H26N2O3/c1-5-10-22-16-8-6-15(7-9-16)18(21)23-19-17-11-14(3)20(4)12-13(17)2/h6-9,13-14H,5,10-12H2,1-4H3/b19-17-/t13-,14-/m1/s1. The van der Waals surface area contributed by atoms with E-state index < -0.39 is 5.97 Å². The first-order chi connectivity index (χ1) is 11.0. The Morgan fingerprint density at radius 3 is 2.65 bits per heavy atom. The fourth-order valence-corrected chi connectivity index (χ4v) is 2.56. The van der Waals surface area contributed by atoms with E-state index in [0.29, 0.717) is 24.1 Å². The van der Waals surface area contributed by atoms with Crippen LogP contribution in [0.5, 0.6) is 5.75 Å². The molecular formula is C18H26N2O3. The van der Waals surface area contributed by atoms with Gasteiger partial charge in [-0.25, -0.2) is 4.79 Å². The molecule has 0 aliphatic carbocycles. The molecule has 1 aromatic carbocycles. The van der Waals surface area contributed by atoms with Gasteiger partial charge in [-0.3, -0.25) is 0 Å². The van der Waals surface area contributed by atoms with Crippen LogP contribution in [0.15, 0.2) is 29.4 Å². The van der Waals surface area contributed by atoms with Gasteiger partial charge in [0.25, 0.3) is 0 Å². The molecular weight excluding hydrogens is 292 g/mol. The summed E-state index contributed by atoms with van der Waals surface area (Å²) in [4.78, 5) is 19.5. The van der Waals surface area contributed by atoms with Crippen molar-refractivity contribution in [3.05, 3.63) is 29.8 Å². The van der Waals surface area contributed by atoms with Crippen LogP contribution in [0.25, 0.3) is 0 Å². The first-order valence-corrected chi connectivity index (χ1v) is 8.22. The normalized spacial score (nSPS) is 23.7. The number of ether oxygens (including phenoxy) is 1. The minimum atomic E-state index is -0.432. The van der Waals surface area contributed by atoms with Gasteiger partial charge in [-0.15, -0.1) is 0 Å². The molecule has 5 nitrogen and oxygen atoms in total. The smallest absolute Gasteiger partial charge is 0.365 e. The van der Waals surface area contributed by atoms with E-state index in [-0.39, 0.29) is 0 Å². The quantitative estimate of drug-likeness (QED) is 0.617. The van der Waals surface area contributed by atoms with E-state index in [0.717, 1.165) is 30.8 Å². The molecule has 2 rings (SSSR count). The molecule has 23 heavy (non-hydrogen) atoms. The Bertz CT molecular complexity index is 554. The summed E-state index contributed by atoms with van der Waals surface area (Å²) in [6, 6.07) is 7.38. The van der Waals surface area contributed by atoms with Gasteiger partial charge in [0.05, 0.1) is 17.9 Å². The van der Waals surface area contributed by atoms with Crippen molar-refractivity contribution in [1.29, 1.82) is 0 Å². The van der Waals surface area contributed by atoms with E-state index in [1.807, 2.05) is 0 Å². The summed E-state index contributed by atoms with van der Waals surface area (Å²) in [5.74, 6) is 0.625. The van der Waals surface area contributed by atoms with Gasteiger partial charge >= 0.3 is 5.97 Å². The van der Waals surface area contributed by atoms with Gasteiger partial charge in [0, 0.05) is 24.9 Å². The average molecular weight is 318 g/mol. The molecule has 0 saturated carbocycles. The van der Waals surface area contributed by atoms with Crippen molar-refractivity contribution < 1.29 is 14.4 Å². The number of carbonyl (C=O) groups excluding carboxylic acids is 1. The van der Waals surface area contributed by atoms with E-state index in [4.69, 9.17) is 9.57 Å². The summed E-state index contributed by atoms with van der Waals surface area (Å²) in [5, 5.41) is 4.11. The summed E-state index contributed by atoms with van der Waals surface area (Å²) in [5.41, 5.74) is 1.43. The molecule has 0 spiro atoms. The summed E-state index contributed by atoms with van der Waals surface area (Å²) >= 11 is 0. The molecule has 126 valence electrons. The van der Waals surface area contributed by atoms with Gasteiger partial charge in [-0.1, -0.05) is 19.0 Å². The van der Waals surface area contributed by atoms with Crippen LogP contribution in [0.2, 0.25) is 0 Å². The molecule has 0 bridgehead atoms. The Kier molecular flexibility index (Phi) is 6.16. The van der Waals surface area contributed by atoms with Gasteiger partial charge in [0.15, 0.2) is 0 Å². The lowest BCUT2D eigenvalue weighted by Gasteiger charge is -2.34. The van der Waals surface area contributed by atoms with Crippen molar-refractivity contribution in [3.8, 4) is 5.75 Å². The second kappa shape index (κ2) is 8.11. The molecule has 1 aromatic rings. The molecule has 0 amide bonds. The number of piperidine rings is 1. The first-order valence-electron chi connectivity index (χ1n) is 8.22. The second-order valence-electron chi connectivity index (χ2n) is 6.23. The number of carbonyl (C=O) groups is 1. The molecule has 1 heterocycles. The number of oxime groups is 1. The van der Waals surface area contributed by atoms with Crippen LogP contribution in [0.4, 0.5) is 0 Å². The highest BCUT2D eigenvalue weighted by Crippen LogP contribution is 2.19. The number of rotatable bonds is 5. The summed E-state index contributed by atoms with van der Waals surface area (Å²) in [6.07, 6.45) is 1.78. The SMILES string of the molecule is CCCOc1ccc(C(=O)O/N=C2/C[C@@H](C)N(C)C[C@H]2C)cc1. The third-order valence-electron chi connectivity index (χ3n) is 4.20. The van der Waals surface area contributed by atoms with Crippen molar-refractivity contribution >= 4 is 11.7 Å². The molecule has 0 unspecified atom stereocenters. The van der Waals surface area contributed by atoms with Crippen LogP contribution >= 0.6 is 0 Å². The monoisotopic (exact) mass is 318 g/mol. The Balaban J connectivity index is 1.95. The zero-order valence-corrected chi connectivity index (χ0v) is 14.4. The topological polar surface area (TPSA) is 51.1 Å². The van der Waals surface area contributed by atoms with Crippen LogP contribution in [-0.4, -0.2) is 42.8 Å². The average Bonchev–Trinajstić information content (AvgIpc) is 2.55. The molecule has 1 saturated heterocycles. The zero-order chi connectivity index (χ0) is 16.8. The highest BCUT2D eigenvalue weighted by Gasteiger charge is 2.26. The summed E-state index contributed by atoms with van der Waals surface area (Å²) in [7, 11) is 2.10. The molecule has 5 heteroatoms. The maximum Gasteiger partial charge on any atom is 0.365 e. The van der Waals surface area contributed by atoms with Crippen molar-refractivity contribution in [2.45, 2.75) is 39.7 Å². The molecule has 0 radical (unpaired) electrons. The van der Waals surface area contributed by atoms with Crippen LogP contribution in [-0.2, 0) is 4.84 Å². The highest BCUT2D eigenvalue weighted by molar-refractivity contribution is 5.92. The Labute approximate surface area is 138 Å². The lowest BCUT2D eigenvalue weighted by atomic mass is 9.93. The second-order valence-corrected chi connectivity index (χ2v) is 6.23. The molecule has 2 atom stereocenters. The molecule has 0 aromatic heterocycles. The largest absolute Gasteiger partial charge is 0.494 e. The van der Waals surface area contributed by atoms with Crippen LogP contribution in [0, 0.1) is 5.92 Å². The third kappa shape index (κ3) is 4.79. The van der Waals surface area contributed by atoms with E-state index in [9.17, 15) is 4.79 Å². The minimum absolute atomic E-state index is 0.300. The van der Waals surface area contributed by atoms with E-state index in [1.165, 1.54) is 0 Å². The fraction of sp³-hybridized carbons (Fsp3) is 0.556. The van der Waals surface area contributed by atoms with Crippen LogP contribution in [0.3, 0.4) is 0 Å². The van der Waals surface area contributed by atoms with Crippen LogP contribution < -0.4 is 4.74 Å². The number of hydrogen-bond donors (Lipinski definition) is 0. The Morgan fingerprint density at radius 1 is 1.30 bits per heavy atom.